The summed E-state index contributed by atoms with van der Waals surface area (Å²) in [7, 11) is 6.36. The molecule has 0 fully saturated rings. The molecule has 0 radical (unpaired) electrons. The first-order valence-corrected chi connectivity index (χ1v) is 18.5. The van der Waals surface area contributed by atoms with Gasteiger partial charge in [0.15, 0.2) is 0 Å². The summed E-state index contributed by atoms with van der Waals surface area (Å²) in [5, 5.41) is 25.0. The fourth-order valence-electron chi connectivity index (χ4n) is 5.42. The van der Waals surface area contributed by atoms with Crippen LogP contribution < -0.4 is 30.4 Å². The van der Waals surface area contributed by atoms with Crippen molar-refractivity contribution in [2.24, 2.45) is 0 Å². The molecule has 0 spiro atoms. The van der Waals surface area contributed by atoms with Crippen LogP contribution in [-0.4, -0.2) is 61.0 Å². The molecule has 0 saturated heterocycles. The molecule has 0 aliphatic rings. The van der Waals surface area contributed by atoms with E-state index in [1.54, 1.807) is 107 Å². The summed E-state index contributed by atoms with van der Waals surface area (Å²) in [4.78, 5) is 42.8. The van der Waals surface area contributed by atoms with Crippen molar-refractivity contribution in [3.8, 4) is 57.7 Å². The van der Waals surface area contributed by atoms with Crippen LogP contribution >= 0.6 is 0 Å². The molecule has 1 heterocycles. The normalized spacial score (nSPS) is 9.73. The summed E-state index contributed by atoms with van der Waals surface area (Å²) in [5.41, 5.74) is 18.4. The van der Waals surface area contributed by atoms with Crippen LogP contribution in [0.25, 0.3) is 33.5 Å². The number of carboxylic acids is 1. The topological polar surface area (TPSA) is 234 Å². The third-order valence-electron chi connectivity index (χ3n) is 8.65. The van der Waals surface area contributed by atoms with Crippen molar-refractivity contribution < 1.29 is 38.4 Å². The number of nitrogens with zero attached hydrogens (tertiary/aromatic N) is 4. The fourth-order valence-corrected chi connectivity index (χ4v) is 5.42. The first-order chi connectivity index (χ1) is 29.8. The van der Waals surface area contributed by atoms with Crippen LogP contribution in [0.15, 0.2) is 133 Å². The van der Waals surface area contributed by atoms with Gasteiger partial charge in [0.25, 0.3) is 5.97 Å². The van der Waals surface area contributed by atoms with E-state index in [9.17, 15) is 14.9 Å². The first kappa shape index (κ1) is 45.9. The number of aromatic nitrogens is 2. The van der Waals surface area contributed by atoms with Gasteiger partial charge in [-0.2, -0.15) is 10.5 Å². The van der Waals surface area contributed by atoms with E-state index in [0.717, 1.165) is 46.5 Å². The van der Waals surface area contributed by atoms with Gasteiger partial charge in [-0.1, -0.05) is 0 Å². The van der Waals surface area contributed by atoms with Crippen LogP contribution in [0.4, 0.5) is 11.4 Å². The summed E-state index contributed by atoms with van der Waals surface area (Å²) in [6, 6.07) is 42.5. The number of anilines is 2. The highest BCUT2D eigenvalue weighted by atomic mass is 16.5. The molecule has 14 nitrogen and oxygen atoms in total. The molecule has 6 aromatic carbocycles. The molecule has 312 valence electrons. The smallest absolute Gasteiger partial charge is 0.300 e. The maximum Gasteiger partial charge on any atom is 0.300 e. The number of benzene rings is 6. The molecule has 1 aromatic heterocycles. The molecule has 14 heteroatoms. The third kappa shape index (κ3) is 12.6. The number of ketones is 2. The molecule has 62 heavy (non-hydrogen) atoms. The SMILES string of the molecule is CC(=O)O.COc1ccc(-c2nc3ccc(C#N)cc3nc2-c2ccc(OC)cc2)cc1.COc1ccc(C(=O)C(=O)c2ccc(OC)cc2)cc1.N#Cc1ccc(N)c(N)c1. The number of methoxy groups -OCH3 is 4. The Labute approximate surface area is 358 Å². The number of carbonyl (C=O) groups is 3. The lowest BCUT2D eigenvalue weighted by Crippen LogP contribution is -2.14. The van der Waals surface area contributed by atoms with Crippen LogP contribution in [0.3, 0.4) is 0 Å². The van der Waals surface area contributed by atoms with Gasteiger partial charge in [0.2, 0.25) is 11.6 Å². The number of ether oxygens (including phenoxy) is 4. The minimum atomic E-state index is -0.833. The summed E-state index contributed by atoms with van der Waals surface area (Å²) in [6.07, 6.45) is 0. The summed E-state index contributed by atoms with van der Waals surface area (Å²) >= 11 is 0. The number of hydrogen-bond acceptors (Lipinski definition) is 13. The van der Waals surface area contributed by atoms with Gasteiger partial charge in [-0.05, 0) is 133 Å². The zero-order valence-electron chi connectivity index (χ0n) is 34.5. The number of fused-ring (bicyclic) bond motifs is 1. The Bertz CT molecular complexity index is 2660. The molecular weight excluding hydrogens is 789 g/mol. The predicted octanol–water partition coefficient (Wildman–Crippen LogP) is 8.44. The standard InChI is InChI=1S/C23H17N3O2.C16H14O4.C7H7N3.C2H4O2/c1-27-18-8-4-16(5-9-18)22-23(17-6-10-19(28-2)11-7-17)26-21-13-15(14-24)3-12-20(21)25-22;1-19-13-7-3-11(4-8-13)15(17)16(18)12-5-9-14(20-2)10-6-12;8-4-5-1-2-6(9)7(10)3-5;1-2(3)4/h3-13H,1-2H3;3-10H,1-2H3;1-3H,9-10H2;1H3,(H,3,4). The Hall–Kier alpha value is -8.75. The van der Waals surface area contributed by atoms with Crippen LogP contribution in [0.2, 0.25) is 0 Å². The lowest BCUT2D eigenvalue weighted by molar-refractivity contribution is -0.134. The highest BCUT2D eigenvalue weighted by Gasteiger charge is 2.18. The Kier molecular flexibility index (Phi) is 16.6. The van der Waals surface area contributed by atoms with E-state index in [1.807, 2.05) is 60.7 Å². The van der Waals surface area contributed by atoms with Crippen molar-refractivity contribution in [3.63, 3.8) is 0 Å². The van der Waals surface area contributed by atoms with Crippen molar-refractivity contribution in [2.45, 2.75) is 6.92 Å². The number of carboxylic acid groups (broad SMARTS) is 1. The van der Waals surface area contributed by atoms with Gasteiger partial charge in [-0.15, -0.1) is 0 Å². The Balaban J connectivity index is 0.000000215. The predicted molar refractivity (Wildman–Crippen MR) is 236 cm³/mol. The number of aliphatic carboxylic acids is 1. The molecule has 7 aromatic rings. The molecule has 7 rings (SSSR count). The number of rotatable bonds is 9. The molecule has 0 amide bonds. The number of nitrogens with two attached hydrogens (primary N) is 2. The van der Waals surface area contributed by atoms with Crippen LogP contribution in [0.1, 0.15) is 38.8 Å². The quantitative estimate of drug-likeness (QED) is 0.0704. The molecule has 0 aliphatic carbocycles. The van der Waals surface area contributed by atoms with Crippen LogP contribution in [0, 0.1) is 22.7 Å². The average molecular weight is 831 g/mol. The van der Waals surface area contributed by atoms with Gasteiger partial charge >= 0.3 is 0 Å². The average Bonchev–Trinajstić information content (AvgIpc) is 3.31. The van der Waals surface area contributed by atoms with Gasteiger partial charge < -0.3 is 35.5 Å². The molecule has 0 atom stereocenters. The molecule has 0 saturated carbocycles. The minimum Gasteiger partial charge on any atom is -0.497 e. The van der Waals surface area contributed by atoms with E-state index in [1.165, 1.54) is 0 Å². The molecule has 0 unspecified atom stereocenters. The van der Waals surface area contributed by atoms with Crippen molar-refractivity contribution >= 4 is 39.9 Å². The second kappa shape index (κ2) is 22.4. The van der Waals surface area contributed by atoms with Gasteiger partial charge in [0.1, 0.15) is 23.0 Å². The lowest BCUT2D eigenvalue weighted by atomic mass is 10.0. The van der Waals surface area contributed by atoms with E-state index in [0.29, 0.717) is 50.6 Å². The van der Waals surface area contributed by atoms with Crippen molar-refractivity contribution in [2.75, 3.05) is 39.9 Å². The maximum absolute atomic E-state index is 12.1. The molecular formula is C48H42N6O8. The Morgan fingerprint density at radius 1 is 0.500 bits per heavy atom. The minimum absolute atomic E-state index is 0.339. The number of hydrogen-bond donors (Lipinski definition) is 3. The molecule has 0 bridgehead atoms. The van der Waals surface area contributed by atoms with Crippen molar-refractivity contribution in [1.82, 2.24) is 9.97 Å². The van der Waals surface area contributed by atoms with E-state index < -0.39 is 17.5 Å². The zero-order chi connectivity index (χ0) is 45.2. The number of nitrogen functional groups attached to an aromatic ring is 2. The molecule has 0 aliphatic heterocycles. The maximum atomic E-state index is 12.1. The van der Waals surface area contributed by atoms with E-state index >= 15 is 0 Å². The highest BCUT2D eigenvalue weighted by Crippen LogP contribution is 2.33. The first-order valence-electron chi connectivity index (χ1n) is 18.5. The van der Waals surface area contributed by atoms with Gasteiger partial charge in [0, 0.05) is 29.2 Å². The van der Waals surface area contributed by atoms with Crippen molar-refractivity contribution in [1.29, 1.82) is 10.5 Å². The van der Waals surface area contributed by atoms with Crippen LogP contribution in [-0.2, 0) is 4.79 Å². The Morgan fingerprint density at radius 2 is 0.839 bits per heavy atom. The summed E-state index contributed by atoms with van der Waals surface area (Å²) in [6.45, 7) is 1.08. The van der Waals surface area contributed by atoms with Crippen molar-refractivity contribution in [3.05, 3.63) is 156 Å². The number of carbonyl (C=O) groups excluding carboxylic acids is 2. The van der Waals surface area contributed by atoms with Gasteiger partial charge in [-0.3, -0.25) is 14.4 Å². The van der Waals surface area contributed by atoms with E-state index in [2.05, 4.69) is 6.07 Å². The van der Waals surface area contributed by atoms with E-state index in [4.69, 9.17) is 55.5 Å². The second-order valence-corrected chi connectivity index (χ2v) is 12.8. The van der Waals surface area contributed by atoms with Gasteiger partial charge in [-0.25, -0.2) is 9.97 Å². The summed E-state index contributed by atoms with van der Waals surface area (Å²) < 4.78 is 20.5. The Morgan fingerprint density at radius 3 is 1.19 bits per heavy atom. The fraction of sp³-hybridized carbons (Fsp3) is 0.104. The van der Waals surface area contributed by atoms with E-state index in [-0.39, 0.29) is 0 Å². The second-order valence-electron chi connectivity index (χ2n) is 12.8. The lowest BCUT2D eigenvalue weighted by Gasteiger charge is -2.12. The van der Waals surface area contributed by atoms with Crippen LogP contribution in [0.5, 0.6) is 23.0 Å². The number of nitriles is 2. The third-order valence-corrected chi connectivity index (χ3v) is 8.65. The largest absolute Gasteiger partial charge is 0.497 e. The highest BCUT2D eigenvalue weighted by molar-refractivity contribution is 6.49. The monoisotopic (exact) mass is 830 g/mol. The molecule has 5 N–H and O–H groups in total. The zero-order valence-corrected chi connectivity index (χ0v) is 34.5. The number of Topliss-reactive ketones (excluding diaryl/α,β-unsaturated/α-hetero) is 2. The van der Waals surface area contributed by atoms with Gasteiger partial charge in [0.05, 0.1) is 85.5 Å². The summed E-state index contributed by atoms with van der Waals surface area (Å²) in [5.74, 6) is 0.907.